The second kappa shape index (κ2) is 4.84. The predicted molar refractivity (Wildman–Crippen MR) is 79.5 cm³/mol. The first-order valence-electron chi connectivity index (χ1n) is 5.93. The van der Waals surface area contributed by atoms with Crippen LogP contribution in [0.15, 0.2) is 41.8 Å². The number of aliphatic hydroxyl groups is 1. The van der Waals surface area contributed by atoms with Crippen LogP contribution in [0.5, 0.6) is 0 Å². The molecular weight excluding hydrogens is 260 g/mol. The van der Waals surface area contributed by atoms with Gasteiger partial charge in [0, 0.05) is 20.7 Å². The molecule has 2 heterocycles. The van der Waals surface area contributed by atoms with Crippen molar-refractivity contribution < 1.29 is 5.11 Å². The van der Waals surface area contributed by atoms with Gasteiger partial charge in [-0.2, -0.15) is 0 Å². The van der Waals surface area contributed by atoms with Gasteiger partial charge < -0.3 is 5.11 Å². The molecule has 0 saturated carbocycles. The van der Waals surface area contributed by atoms with E-state index in [1.54, 1.807) is 22.7 Å². The fourth-order valence-corrected chi connectivity index (χ4v) is 4.22. The molecule has 1 nitrogen and oxygen atoms in total. The highest BCUT2D eigenvalue weighted by atomic mass is 32.1. The molecule has 0 spiro atoms. The third-order valence-electron chi connectivity index (χ3n) is 3.00. The highest BCUT2D eigenvalue weighted by Crippen LogP contribution is 2.34. The standard InChI is InChI=1S/C15H14OS2/c1-10-3-2-4-11(7-10)8-12(16)14-9-15-13(18-14)5-6-17-15/h2-7,9,12,16H,8H2,1H3. The third-order valence-corrected chi connectivity index (χ3v) is 5.19. The minimum atomic E-state index is -0.392. The Morgan fingerprint density at radius 3 is 2.83 bits per heavy atom. The van der Waals surface area contributed by atoms with E-state index in [0.29, 0.717) is 6.42 Å². The summed E-state index contributed by atoms with van der Waals surface area (Å²) in [5, 5.41) is 12.4. The van der Waals surface area contributed by atoms with Gasteiger partial charge in [0.1, 0.15) is 0 Å². The molecule has 0 amide bonds. The van der Waals surface area contributed by atoms with Crippen LogP contribution in [-0.4, -0.2) is 5.11 Å². The van der Waals surface area contributed by atoms with Crippen molar-refractivity contribution in [3.05, 3.63) is 57.8 Å². The summed E-state index contributed by atoms with van der Waals surface area (Å²) in [5.41, 5.74) is 2.44. The summed E-state index contributed by atoms with van der Waals surface area (Å²) in [6.07, 6.45) is 0.298. The molecule has 1 unspecified atom stereocenters. The summed E-state index contributed by atoms with van der Waals surface area (Å²) in [4.78, 5) is 1.07. The van der Waals surface area contributed by atoms with E-state index in [0.717, 1.165) is 4.88 Å². The van der Waals surface area contributed by atoms with Gasteiger partial charge >= 0.3 is 0 Å². The van der Waals surface area contributed by atoms with Crippen molar-refractivity contribution >= 4 is 32.1 Å². The molecule has 18 heavy (non-hydrogen) atoms. The van der Waals surface area contributed by atoms with Crippen molar-refractivity contribution in [2.75, 3.05) is 0 Å². The number of aliphatic hydroxyl groups excluding tert-OH is 1. The number of rotatable bonds is 3. The van der Waals surface area contributed by atoms with Gasteiger partial charge in [-0.15, -0.1) is 22.7 Å². The van der Waals surface area contributed by atoms with Crippen LogP contribution in [0.1, 0.15) is 22.1 Å². The first kappa shape index (κ1) is 11.9. The summed E-state index contributed by atoms with van der Waals surface area (Å²) in [5.74, 6) is 0. The fourth-order valence-electron chi connectivity index (χ4n) is 2.11. The van der Waals surface area contributed by atoms with Gasteiger partial charge in [0.05, 0.1) is 6.10 Å². The molecule has 3 heteroatoms. The maximum atomic E-state index is 10.3. The zero-order valence-electron chi connectivity index (χ0n) is 10.1. The van der Waals surface area contributed by atoms with E-state index >= 15 is 0 Å². The van der Waals surface area contributed by atoms with Gasteiger partial charge in [-0.25, -0.2) is 0 Å². The number of aryl methyl sites for hydroxylation is 1. The molecule has 92 valence electrons. The van der Waals surface area contributed by atoms with E-state index in [2.05, 4.69) is 42.6 Å². The Bertz CT molecular complexity index is 637. The van der Waals surface area contributed by atoms with Gasteiger partial charge in [0.15, 0.2) is 0 Å². The number of benzene rings is 1. The molecule has 3 aromatic rings. The minimum Gasteiger partial charge on any atom is -0.387 e. The quantitative estimate of drug-likeness (QED) is 0.743. The first-order chi connectivity index (χ1) is 8.72. The van der Waals surface area contributed by atoms with Gasteiger partial charge in [0.2, 0.25) is 0 Å². The van der Waals surface area contributed by atoms with Gasteiger partial charge in [-0.05, 0) is 30.0 Å². The smallest absolute Gasteiger partial charge is 0.0922 e. The molecule has 1 aromatic carbocycles. The lowest BCUT2D eigenvalue weighted by molar-refractivity contribution is 0.182. The van der Waals surface area contributed by atoms with Gasteiger partial charge in [-0.1, -0.05) is 29.8 Å². The van der Waals surface area contributed by atoms with Crippen LogP contribution in [0.3, 0.4) is 0 Å². The van der Waals surface area contributed by atoms with Crippen LogP contribution in [0, 0.1) is 6.92 Å². The van der Waals surface area contributed by atoms with Crippen LogP contribution in [0.2, 0.25) is 0 Å². The maximum Gasteiger partial charge on any atom is 0.0922 e. The topological polar surface area (TPSA) is 20.2 Å². The molecule has 0 aliphatic rings. The fraction of sp³-hybridized carbons (Fsp3) is 0.200. The molecule has 1 N–H and O–H groups in total. The lowest BCUT2D eigenvalue weighted by atomic mass is 10.0. The van der Waals surface area contributed by atoms with Crippen LogP contribution < -0.4 is 0 Å². The number of thiophene rings is 2. The summed E-state index contributed by atoms with van der Waals surface area (Å²) in [7, 11) is 0. The highest BCUT2D eigenvalue weighted by molar-refractivity contribution is 7.26. The molecule has 0 aliphatic carbocycles. The molecule has 0 fully saturated rings. The summed E-state index contributed by atoms with van der Waals surface area (Å²) in [6, 6.07) is 12.6. The summed E-state index contributed by atoms with van der Waals surface area (Å²) in [6.45, 7) is 2.08. The number of hydrogen-bond donors (Lipinski definition) is 1. The molecule has 1 atom stereocenters. The molecule has 3 rings (SSSR count). The average molecular weight is 274 g/mol. The Labute approximate surface area is 114 Å². The Hall–Kier alpha value is -1.16. The first-order valence-corrected chi connectivity index (χ1v) is 7.62. The molecule has 2 aromatic heterocycles. The minimum absolute atomic E-state index is 0.392. The second-order valence-corrected chi connectivity index (χ2v) is 6.57. The second-order valence-electron chi connectivity index (χ2n) is 4.51. The van der Waals surface area contributed by atoms with Crippen molar-refractivity contribution in [1.29, 1.82) is 0 Å². The molecule has 0 saturated heterocycles. The van der Waals surface area contributed by atoms with Crippen LogP contribution in [0.4, 0.5) is 0 Å². The molecule has 0 aliphatic heterocycles. The van der Waals surface area contributed by atoms with Crippen molar-refractivity contribution in [2.24, 2.45) is 0 Å². The predicted octanol–water partition coefficient (Wildman–Crippen LogP) is 4.55. The maximum absolute atomic E-state index is 10.3. The van der Waals surface area contributed by atoms with E-state index in [4.69, 9.17) is 0 Å². The van der Waals surface area contributed by atoms with Crippen LogP contribution in [0.25, 0.3) is 9.40 Å². The zero-order valence-corrected chi connectivity index (χ0v) is 11.7. The van der Waals surface area contributed by atoms with Gasteiger partial charge in [-0.3, -0.25) is 0 Å². The van der Waals surface area contributed by atoms with E-state index in [1.165, 1.54) is 20.5 Å². The average Bonchev–Trinajstić information content (AvgIpc) is 2.88. The highest BCUT2D eigenvalue weighted by Gasteiger charge is 2.12. The van der Waals surface area contributed by atoms with E-state index in [-0.39, 0.29) is 0 Å². The van der Waals surface area contributed by atoms with Crippen molar-refractivity contribution in [3.8, 4) is 0 Å². The Kier molecular flexibility index (Phi) is 3.20. The summed E-state index contributed by atoms with van der Waals surface area (Å²) >= 11 is 3.43. The zero-order chi connectivity index (χ0) is 12.5. The van der Waals surface area contributed by atoms with Crippen molar-refractivity contribution in [3.63, 3.8) is 0 Å². The van der Waals surface area contributed by atoms with Crippen molar-refractivity contribution in [1.82, 2.24) is 0 Å². The molecule has 0 bridgehead atoms. The van der Waals surface area contributed by atoms with Crippen LogP contribution in [-0.2, 0) is 6.42 Å². The molecule has 0 radical (unpaired) electrons. The lowest BCUT2D eigenvalue weighted by Gasteiger charge is -2.08. The van der Waals surface area contributed by atoms with Gasteiger partial charge in [0.25, 0.3) is 0 Å². The van der Waals surface area contributed by atoms with E-state index in [9.17, 15) is 5.11 Å². The number of hydrogen-bond acceptors (Lipinski definition) is 3. The SMILES string of the molecule is Cc1cccc(CC(O)c2cc3sccc3s2)c1. The van der Waals surface area contributed by atoms with Crippen molar-refractivity contribution in [2.45, 2.75) is 19.4 Å². The Morgan fingerprint density at radius 2 is 2.06 bits per heavy atom. The van der Waals surface area contributed by atoms with E-state index < -0.39 is 6.10 Å². The normalized spacial score (nSPS) is 13.0. The largest absolute Gasteiger partial charge is 0.387 e. The summed E-state index contributed by atoms with van der Waals surface area (Å²) < 4.78 is 2.55. The molecular formula is C15H14OS2. The van der Waals surface area contributed by atoms with Crippen LogP contribution >= 0.6 is 22.7 Å². The Morgan fingerprint density at radius 1 is 1.17 bits per heavy atom. The van der Waals surface area contributed by atoms with E-state index in [1.807, 2.05) is 6.07 Å². The lowest BCUT2D eigenvalue weighted by Crippen LogP contribution is -1.99. The monoisotopic (exact) mass is 274 g/mol. The number of fused-ring (bicyclic) bond motifs is 1. The Balaban J connectivity index is 1.82. The third kappa shape index (κ3) is 2.34.